The van der Waals surface area contributed by atoms with Crippen LogP contribution in [-0.4, -0.2) is 22.4 Å². The van der Waals surface area contributed by atoms with E-state index in [1.165, 1.54) is 14.3 Å². The zero-order chi connectivity index (χ0) is 20.6. The lowest BCUT2D eigenvalue weighted by atomic mass is 10.2. The first-order chi connectivity index (χ1) is 11.5. The van der Waals surface area contributed by atoms with Crippen LogP contribution in [0.1, 0.15) is 46.4 Å². The molecule has 0 bridgehead atoms. The lowest BCUT2D eigenvalue weighted by Gasteiger charge is -2.36. The van der Waals surface area contributed by atoms with Crippen LogP contribution in [0.4, 0.5) is 0 Å². The molecule has 0 atom stereocenters. The number of hydrogen-bond acceptors (Lipinski definition) is 2. The van der Waals surface area contributed by atoms with E-state index in [0.717, 1.165) is 0 Å². The topological polar surface area (TPSA) is 0 Å². The number of rotatable bonds is 3. The third-order valence-electron chi connectivity index (χ3n) is 6.06. The monoisotopic (exact) mass is 486 g/mol. The van der Waals surface area contributed by atoms with Crippen LogP contribution < -0.4 is 4.50 Å². The number of halogens is 1. The molecule has 0 saturated heterocycles. The molecule has 0 radical (unpaired) electrons. The minimum Gasteiger partial charge on any atom is -0.143 e. The van der Waals surface area contributed by atoms with E-state index in [2.05, 4.69) is 114 Å². The lowest BCUT2D eigenvalue weighted by Crippen LogP contribution is -2.48. The number of allylic oxidation sites excluding steroid dienone is 1. The molecular formula is C21H35BrS2Si2. The van der Waals surface area contributed by atoms with Crippen molar-refractivity contribution in [2.75, 3.05) is 6.26 Å². The summed E-state index contributed by atoms with van der Waals surface area (Å²) in [5.41, 5.74) is 3.61. The second kappa shape index (κ2) is 8.33. The molecule has 0 fully saturated rings. The summed E-state index contributed by atoms with van der Waals surface area (Å²) in [5, 5.41) is 0.637. The maximum absolute atomic E-state index is 3.85. The molecule has 0 nitrogen and oxygen atoms in total. The third-order valence-corrected chi connectivity index (χ3v) is 20.7. The number of thioether (sulfide) groups is 1. The second-order valence-corrected chi connectivity index (χ2v) is 23.4. The van der Waals surface area contributed by atoms with E-state index in [9.17, 15) is 0 Å². The zero-order valence-electron chi connectivity index (χ0n) is 18.3. The Labute approximate surface area is 180 Å². The average Bonchev–Trinajstić information content (AvgIpc) is 2.83. The molecule has 0 aliphatic rings. The third kappa shape index (κ3) is 5.41. The van der Waals surface area contributed by atoms with Gasteiger partial charge in [0.25, 0.3) is 0 Å². The predicted octanol–water partition coefficient (Wildman–Crippen LogP) is 7.98. The van der Waals surface area contributed by atoms with Crippen molar-refractivity contribution in [3.8, 4) is 11.5 Å². The molecule has 0 amide bonds. The lowest BCUT2D eigenvalue weighted by molar-refractivity contribution is 0.730. The van der Waals surface area contributed by atoms with Crippen molar-refractivity contribution in [2.45, 2.75) is 77.8 Å². The zero-order valence-corrected chi connectivity index (χ0v) is 23.6. The highest BCUT2D eigenvalue weighted by molar-refractivity contribution is 9.10. The first-order valence-electron chi connectivity index (χ1n) is 9.11. The van der Waals surface area contributed by atoms with E-state index in [0.29, 0.717) is 10.1 Å². The van der Waals surface area contributed by atoms with Crippen LogP contribution in [0, 0.1) is 11.5 Å². The van der Waals surface area contributed by atoms with Gasteiger partial charge in [-0.05, 0) is 22.4 Å². The molecule has 0 N–H and O–H groups in total. The van der Waals surface area contributed by atoms with E-state index in [-0.39, 0.29) is 0 Å². The van der Waals surface area contributed by atoms with Gasteiger partial charge in [0, 0.05) is 24.8 Å². The molecule has 0 saturated carbocycles. The second-order valence-electron chi connectivity index (χ2n) is 10.0. The van der Waals surface area contributed by atoms with Gasteiger partial charge in [-0.25, -0.2) is 0 Å². The Morgan fingerprint density at radius 1 is 1.08 bits per heavy atom. The average molecular weight is 488 g/mol. The summed E-state index contributed by atoms with van der Waals surface area (Å²) >= 11 is 7.61. The number of hydrogen-bond donors (Lipinski definition) is 0. The van der Waals surface area contributed by atoms with E-state index in [1.54, 1.807) is 16.3 Å². The van der Waals surface area contributed by atoms with Crippen LogP contribution in [0.2, 0.25) is 36.3 Å². The quantitative estimate of drug-likeness (QED) is 0.308. The standard InChI is InChI=1S/C21H35BrS2Si2/c1-20(2,3)25(8,9)14-12-13-17(23-7)18-15-16(22)19(24-18)26(10,11)21(4,5)6/h13,15H,1-11H3/b17-13-. The van der Waals surface area contributed by atoms with Gasteiger partial charge in [-0.3, -0.25) is 0 Å². The Bertz CT molecular complexity index is 733. The highest BCUT2D eigenvalue weighted by Gasteiger charge is 2.39. The van der Waals surface area contributed by atoms with Crippen molar-refractivity contribution in [3.63, 3.8) is 0 Å². The Morgan fingerprint density at radius 3 is 2.04 bits per heavy atom. The van der Waals surface area contributed by atoms with Gasteiger partial charge in [0.1, 0.15) is 16.1 Å². The molecule has 0 spiro atoms. The highest BCUT2D eigenvalue weighted by atomic mass is 79.9. The van der Waals surface area contributed by atoms with Crippen LogP contribution in [0.15, 0.2) is 16.6 Å². The van der Waals surface area contributed by atoms with E-state index in [4.69, 9.17) is 0 Å². The van der Waals surface area contributed by atoms with Gasteiger partial charge in [0.15, 0.2) is 0 Å². The largest absolute Gasteiger partial charge is 0.143 e. The maximum atomic E-state index is 3.85. The molecular weight excluding hydrogens is 452 g/mol. The molecule has 1 aromatic rings. The Balaban J connectivity index is 3.29. The van der Waals surface area contributed by atoms with Crippen LogP contribution in [0.5, 0.6) is 0 Å². The summed E-state index contributed by atoms with van der Waals surface area (Å²) in [6.07, 6.45) is 4.29. The van der Waals surface area contributed by atoms with Crippen LogP contribution >= 0.6 is 39.0 Å². The van der Waals surface area contributed by atoms with Gasteiger partial charge in [-0.1, -0.05) is 89.6 Å². The fourth-order valence-corrected chi connectivity index (χ4v) is 10.0. The molecule has 1 rings (SSSR count). The molecule has 1 aromatic heterocycles. The Morgan fingerprint density at radius 2 is 1.62 bits per heavy atom. The fraction of sp³-hybridized carbons (Fsp3) is 0.619. The van der Waals surface area contributed by atoms with Gasteiger partial charge in [-0.2, -0.15) is 0 Å². The molecule has 0 aliphatic heterocycles. The van der Waals surface area contributed by atoms with Gasteiger partial charge in [0.2, 0.25) is 0 Å². The Hall–Kier alpha value is 0.264. The molecule has 1 heterocycles. The van der Waals surface area contributed by atoms with Gasteiger partial charge < -0.3 is 0 Å². The normalized spacial score (nSPS) is 14.2. The minimum absolute atomic E-state index is 0.300. The summed E-state index contributed by atoms with van der Waals surface area (Å²) < 4.78 is 2.83. The van der Waals surface area contributed by atoms with E-state index in [1.807, 2.05) is 11.3 Å². The van der Waals surface area contributed by atoms with Gasteiger partial charge in [0.05, 0.1) is 0 Å². The fourth-order valence-electron chi connectivity index (χ4n) is 1.96. The Kier molecular flexibility index (Phi) is 7.78. The predicted molar refractivity (Wildman–Crippen MR) is 135 cm³/mol. The van der Waals surface area contributed by atoms with Crippen molar-refractivity contribution in [3.05, 3.63) is 21.5 Å². The minimum atomic E-state index is -1.56. The van der Waals surface area contributed by atoms with Crippen molar-refractivity contribution < 1.29 is 0 Å². The summed E-state index contributed by atoms with van der Waals surface area (Å²) in [6, 6.07) is 2.30. The maximum Gasteiger partial charge on any atom is 0.138 e. The summed E-state index contributed by atoms with van der Waals surface area (Å²) in [5.74, 6) is 3.41. The number of thiophene rings is 1. The summed E-state index contributed by atoms with van der Waals surface area (Å²) in [7, 11) is -3.10. The van der Waals surface area contributed by atoms with Crippen molar-refractivity contribution in [2.24, 2.45) is 0 Å². The van der Waals surface area contributed by atoms with Crippen molar-refractivity contribution >= 4 is 64.6 Å². The smallest absolute Gasteiger partial charge is 0.138 e. The van der Waals surface area contributed by atoms with Crippen LogP contribution in [0.25, 0.3) is 4.91 Å². The molecule has 26 heavy (non-hydrogen) atoms. The summed E-state index contributed by atoms with van der Waals surface area (Å²) in [4.78, 5) is 2.63. The van der Waals surface area contributed by atoms with Crippen molar-refractivity contribution in [1.82, 2.24) is 0 Å². The highest BCUT2D eigenvalue weighted by Crippen LogP contribution is 2.41. The summed E-state index contributed by atoms with van der Waals surface area (Å²) in [6.45, 7) is 23.8. The SMILES string of the molecule is CS/C(=C\C#C[Si](C)(C)C(C)(C)C)c1cc(Br)c([Si](C)(C)C(C)(C)C)s1. The van der Waals surface area contributed by atoms with Crippen molar-refractivity contribution in [1.29, 1.82) is 0 Å². The molecule has 0 unspecified atom stereocenters. The van der Waals surface area contributed by atoms with E-state index >= 15 is 0 Å². The molecule has 5 heteroatoms. The molecule has 0 aromatic carbocycles. The molecule has 146 valence electrons. The van der Waals surface area contributed by atoms with Crippen LogP contribution in [0.3, 0.4) is 0 Å². The van der Waals surface area contributed by atoms with E-state index < -0.39 is 16.1 Å². The van der Waals surface area contributed by atoms with Gasteiger partial charge in [-0.15, -0.1) is 28.6 Å². The molecule has 0 aliphatic carbocycles. The first kappa shape index (κ1) is 24.3. The van der Waals surface area contributed by atoms with Crippen LogP contribution in [-0.2, 0) is 0 Å². The van der Waals surface area contributed by atoms with Gasteiger partial charge >= 0.3 is 0 Å². The first-order valence-corrected chi connectivity index (χ1v) is 17.9.